The van der Waals surface area contributed by atoms with Gasteiger partial charge in [-0.25, -0.2) is 0 Å². The van der Waals surface area contributed by atoms with Crippen LogP contribution in [0.15, 0.2) is 0 Å². The summed E-state index contributed by atoms with van der Waals surface area (Å²) in [5.41, 5.74) is 0. The lowest BCUT2D eigenvalue weighted by Crippen LogP contribution is -2.43. The summed E-state index contributed by atoms with van der Waals surface area (Å²) in [5.74, 6) is -1.09. The van der Waals surface area contributed by atoms with Crippen molar-refractivity contribution in [2.45, 2.75) is 20.3 Å². The minimum absolute atomic E-state index is 0.382. The van der Waals surface area contributed by atoms with Gasteiger partial charge in [-0.15, -0.1) is 0 Å². The van der Waals surface area contributed by atoms with Gasteiger partial charge in [0.25, 0.3) is 0 Å². The zero-order chi connectivity index (χ0) is 12.4. The minimum atomic E-state index is -0.588. The number of nitrogens with zero attached hydrogens (tertiary/aromatic N) is 1. The second kappa shape index (κ2) is 8.70. The van der Waals surface area contributed by atoms with Crippen LogP contribution in [0.2, 0.25) is 0 Å². The molecule has 0 unspecified atom stereocenters. The molecule has 0 fully saturated rings. The van der Waals surface area contributed by atoms with Gasteiger partial charge in [0.15, 0.2) is 0 Å². The van der Waals surface area contributed by atoms with E-state index in [4.69, 9.17) is 0 Å². The maximum atomic E-state index is 11.5. The third-order valence-electron chi connectivity index (χ3n) is 2.11. The Morgan fingerprint density at radius 1 is 1.19 bits per heavy atom. The molecule has 3 amide bonds. The van der Waals surface area contributed by atoms with Gasteiger partial charge in [-0.2, -0.15) is 0 Å². The van der Waals surface area contributed by atoms with Gasteiger partial charge in [0.2, 0.25) is 6.41 Å². The van der Waals surface area contributed by atoms with Crippen LogP contribution in [0.25, 0.3) is 0 Å². The molecule has 0 aromatic carbocycles. The van der Waals surface area contributed by atoms with Crippen molar-refractivity contribution in [2.24, 2.45) is 0 Å². The number of likely N-dealkylation sites (N-methyl/N-ethyl adjacent to an activating group) is 1. The second-order valence-electron chi connectivity index (χ2n) is 3.16. The van der Waals surface area contributed by atoms with Crippen LogP contribution in [0.4, 0.5) is 0 Å². The molecule has 6 heteroatoms. The summed E-state index contributed by atoms with van der Waals surface area (Å²) in [6.45, 7) is 5.56. The molecule has 0 saturated heterocycles. The fraction of sp³-hybridized carbons (Fsp3) is 0.700. The molecule has 0 aromatic heterocycles. The molecule has 0 spiro atoms. The summed E-state index contributed by atoms with van der Waals surface area (Å²) >= 11 is 0. The van der Waals surface area contributed by atoms with Gasteiger partial charge in [-0.05, 0) is 20.3 Å². The first-order valence-corrected chi connectivity index (χ1v) is 5.41. The van der Waals surface area contributed by atoms with Crippen molar-refractivity contribution in [1.29, 1.82) is 0 Å². The first-order valence-electron chi connectivity index (χ1n) is 5.41. The fourth-order valence-corrected chi connectivity index (χ4v) is 1.18. The van der Waals surface area contributed by atoms with Crippen molar-refractivity contribution in [3.8, 4) is 0 Å². The zero-order valence-corrected chi connectivity index (χ0v) is 9.78. The quantitative estimate of drug-likeness (QED) is 0.337. The van der Waals surface area contributed by atoms with Crippen molar-refractivity contribution in [2.75, 3.05) is 26.2 Å². The highest BCUT2D eigenvalue weighted by molar-refractivity contribution is 6.34. The van der Waals surface area contributed by atoms with E-state index in [0.717, 1.165) is 0 Å². The molecular formula is C10H19N3O3. The molecule has 6 nitrogen and oxygen atoms in total. The van der Waals surface area contributed by atoms with Gasteiger partial charge in [-0.3, -0.25) is 14.4 Å². The second-order valence-corrected chi connectivity index (χ2v) is 3.16. The van der Waals surface area contributed by atoms with Crippen LogP contribution in [0.5, 0.6) is 0 Å². The van der Waals surface area contributed by atoms with Crippen LogP contribution in [-0.2, 0) is 14.4 Å². The Kier molecular flexibility index (Phi) is 7.83. The number of amides is 3. The summed E-state index contributed by atoms with van der Waals surface area (Å²) in [6, 6.07) is 0. The van der Waals surface area contributed by atoms with E-state index >= 15 is 0 Å². The average molecular weight is 229 g/mol. The minimum Gasteiger partial charge on any atom is -0.359 e. The number of carbonyl (C=O) groups excluding carboxylic acids is 3. The molecule has 16 heavy (non-hydrogen) atoms. The normalized spacial score (nSPS) is 9.38. The van der Waals surface area contributed by atoms with Crippen molar-refractivity contribution >= 4 is 18.2 Å². The first-order chi connectivity index (χ1) is 7.67. The molecule has 0 saturated carbocycles. The molecule has 0 aliphatic rings. The van der Waals surface area contributed by atoms with Gasteiger partial charge in [0.1, 0.15) is 0 Å². The molecule has 2 N–H and O–H groups in total. The van der Waals surface area contributed by atoms with E-state index in [9.17, 15) is 14.4 Å². The van der Waals surface area contributed by atoms with E-state index in [2.05, 4.69) is 10.6 Å². The zero-order valence-electron chi connectivity index (χ0n) is 9.78. The van der Waals surface area contributed by atoms with Crippen molar-refractivity contribution in [3.05, 3.63) is 0 Å². The lowest BCUT2D eigenvalue weighted by atomic mass is 10.4. The van der Waals surface area contributed by atoms with Crippen LogP contribution < -0.4 is 10.6 Å². The third kappa shape index (κ3) is 5.33. The smallest absolute Gasteiger partial charge is 0.311 e. The Bertz CT molecular complexity index is 239. The summed E-state index contributed by atoms with van der Waals surface area (Å²) in [4.78, 5) is 34.2. The number of rotatable bonds is 7. The summed E-state index contributed by atoms with van der Waals surface area (Å²) < 4.78 is 0. The van der Waals surface area contributed by atoms with Gasteiger partial charge in [0.05, 0.1) is 0 Å². The van der Waals surface area contributed by atoms with E-state index in [1.807, 2.05) is 13.8 Å². The van der Waals surface area contributed by atoms with Crippen molar-refractivity contribution in [3.63, 3.8) is 0 Å². The van der Waals surface area contributed by atoms with Gasteiger partial charge in [0, 0.05) is 26.2 Å². The largest absolute Gasteiger partial charge is 0.359 e. The van der Waals surface area contributed by atoms with Gasteiger partial charge >= 0.3 is 11.8 Å². The number of nitrogens with one attached hydrogen (secondary N) is 2. The topological polar surface area (TPSA) is 78.5 Å². The Hall–Kier alpha value is -1.59. The lowest BCUT2D eigenvalue weighted by Gasteiger charge is -2.17. The molecule has 0 rings (SSSR count). The highest BCUT2D eigenvalue weighted by Crippen LogP contribution is 1.88. The summed E-state index contributed by atoms with van der Waals surface area (Å²) in [6.07, 6.45) is 1.21. The van der Waals surface area contributed by atoms with Crippen molar-refractivity contribution in [1.82, 2.24) is 15.5 Å². The molecule has 0 heterocycles. The van der Waals surface area contributed by atoms with Crippen LogP contribution in [0.3, 0.4) is 0 Å². The molecule has 92 valence electrons. The summed E-state index contributed by atoms with van der Waals surface area (Å²) in [7, 11) is 0. The van der Waals surface area contributed by atoms with Crippen LogP contribution in [-0.4, -0.2) is 49.3 Å². The number of hydrogen-bond donors (Lipinski definition) is 2. The fourth-order valence-electron chi connectivity index (χ4n) is 1.18. The lowest BCUT2D eigenvalue weighted by molar-refractivity contribution is -0.145. The molecular weight excluding hydrogens is 210 g/mol. The maximum Gasteiger partial charge on any atom is 0.311 e. The van der Waals surface area contributed by atoms with E-state index in [1.54, 1.807) is 0 Å². The van der Waals surface area contributed by atoms with Crippen LogP contribution in [0.1, 0.15) is 20.3 Å². The van der Waals surface area contributed by atoms with Gasteiger partial charge in [-0.1, -0.05) is 0 Å². The van der Waals surface area contributed by atoms with Crippen LogP contribution in [0, 0.1) is 0 Å². The standard InChI is InChI=1S/C10H19N3O3/c1-3-13(4-2)10(16)9(15)12-7-5-6-11-8-14/h8H,3-7H2,1-2H3,(H,11,14)(H,12,15). The Balaban J connectivity index is 3.79. The highest BCUT2D eigenvalue weighted by atomic mass is 16.2. The highest BCUT2D eigenvalue weighted by Gasteiger charge is 2.17. The third-order valence-corrected chi connectivity index (χ3v) is 2.11. The molecule has 0 aromatic rings. The van der Waals surface area contributed by atoms with E-state index in [0.29, 0.717) is 39.0 Å². The van der Waals surface area contributed by atoms with E-state index in [1.165, 1.54) is 4.90 Å². The van der Waals surface area contributed by atoms with E-state index in [-0.39, 0.29) is 0 Å². The molecule has 0 aliphatic carbocycles. The monoisotopic (exact) mass is 229 g/mol. The molecule has 0 radical (unpaired) electrons. The van der Waals surface area contributed by atoms with Crippen LogP contribution >= 0.6 is 0 Å². The number of hydrogen-bond acceptors (Lipinski definition) is 3. The molecule has 0 aliphatic heterocycles. The maximum absolute atomic E-state index is 11.5. The Morgan fingerprint density at radius 3 is 2.31 bits per heavy atom. The molecule has 0 bridgehead atoms. The number of carbonyl (C=O) groups is 3. The predicted octanol–water partition coefficient (Wildman–Crippen LogP) is -0.893. The van der Waals surface area contributed by atoms with Gasteiger partial charge < -0.3 is 15.5 Å². The SMILES string of the molecule is CCN(CC)C(=O)C(=O)NCCCNC=O. The Morgan fingerprint density at radius 2 is 1.81 bits per heavy atom. The predicted molar refractivity (Wildman–Crippen MR) is 59.6 cm³/mol. The average Bonchev–Trinajstić information content (AvgIpc) is 2.30. The Labute approximate surface area is 95.4 Å². The summed E-state index contributed by atoms with van der Waals surface area (Å²) in [5, 5.41) is 4.97. The first kappa shape index (κ1) is 14.4. The molecule has 0 atom stereocenters. The van der Waals surface area contributed by atoms with Crippen molar-refractivity contribution < 1.29 is 14.4 Å². The van der Waals surface area contributed by atoms with E-state index < -0.39 is 11.8 Å².